The summed E-state index contributed by atoms with van der Waals surface area (Å²) in [4.78, 5) is 13.0. The lowest BCUT2D eigenvalue weighted by Gasteiger charge is -2.31. The van der Waals surface area contributed by atoms with E-state index >= 15 is 0 Å². The lowest BCUT2D eigenvalue weighted by atomic mass is 10.1. The van der Waals surface area contributed by atoms with Crippen LogP contribution in [0.15, 0.2) is 12.4 Å². The van der Waals surface area contributed by atoms with E-state index in [-0.39, 0.29) is 6.10 Å². The highest BCUT2D eigenvalue weighted by Crippen LogP contribution is 2.20. The van der Waals surface area contributed by atoms with E-state index in [4.69, 9.17) is 0 Å². The van der Waals surface area contributed by atoms with Crippen LogP contribution in [-0.4, -0.2) is 47.9 Å². The minimum atomic E-state index is -0.148. The van der Waals surface area contributed by atoms with Crippen molar-refractivity contribution in [2.75, 3.05) is 36.5 Å². The quantitative estimate of drug-likeness (QED) is 0.872. The molecule has 0 unspecified atom stereocenters. The van der Waals surface area contributed by atoms with Gasteiger partial charge < -0.3 is 14.9 Å². The molecule has 1 fully saturated rings. The highest BCUT2D eigenvalue weighted by atomic mass is 16.3. The third-order valence-corrected chi connectivity index (χ3v) is 3.38. The van der Waals surface area contributed by atoms with Gasteiger partial charge in [0.05, 0.1) is 6.10 Å². The summed E-state index contributed by atoms with van der Waals surface area (Å²) in [6.45, 7) is 4.89. The Morgan fingerprint density at radius 2 is 2.11 bits per heavy atom. The average molecular weight is 250 g/mol. The molecule has 0 spiro atoms. The minimum Gasteiger partial charge on any atom is -0.393 e. The van der Waals surface area contributed by atoms with E-state index in [0.29, 0.717) is 0 Å². The molecule has 0 aromatic carbocycles. The number of aliphatic hydroxyl groups excluding tert-OH is 1. The molecule has 2 rings (SSSR count). The first kappa shape index (κ1) is 13.1. The predicted molar refractivity (Wildman–Crippen MR) is 73.0 cm³/mol. The summed E-state index contributed by atoms with van der Waals surface area (Å²) in [5.74, 6) is 1.93. The van der Waals surface area contributed by atoms with Gasteiger partial charge in [0.2, 0.25) is 0 Å². The summed E-state index contributed by atoms with van der Waals surface area (Å²) < 4.78 is 0. The molecule has 1 aromatic rings. The number of hydrogen-bond donors (Lipinski definition) is 1. The largest absolute Gasteiger partial charge is 0.393 e. The highest BCUT2D eigenvalue weighted by molar-refractivity contribution is 5.49. The second kappa shape index (κ2) is 6.00. The second-order valence-electron chi connectivity index (χ2n) is 4.87. The van der Waals surface area contributed by atoms with Crippen molar-refractivity contribution in [1.29, 1.82) is 0 Å². The van der Waals surface area contributed by atoms with Crippen LogP contribution in [0.1, 0.15) is 26.2 Å². The van der Waals surface area contributed by atoms with Crippen LogP contribution in [0.25, 0.3) is 0 Å². The van der Waals surface area contributed by atoms with Crippen LogP contribution >= 0.6 is 0 Å². The Morgan fingerprint density at radius 1 is 1.39 bits per heavy atom. The van der Waals surface area contributed by atoms with Crippen molar-refractivity contribution in [3.8, 4) is 0 Å². The Labute approximate surface area is 108 Å². The first-order valence-electron chi connectivity index (χ1n) is 6.67. The maximum absolute atomic E-state index is 9.52. The Morgan fingerprint density at radius 3 is 2.78 bits per heavy atom. The van der Waals surface area contributed by atoms with Gasteiger partial charge in [0.1, 0.15) is 18.0 Å². The smallest absolute Gasteiger partial charge is 0.134 e. The van der Waals surface area contributed by atoms with Crippen molar-refractivity contribution in [3.05, 3.63) is 12.4 Å². The van der Waals surface area contributed by atoms with Gasteiger partial charge in [0, 0.05) is 32.7 Å². The first-order valence-corrected chi connectivity index (χ1v) is 6.67. The molecular formula is C13H22N4O. The molecule has 0 saturated carbocycles. The molecule has 0 aliphatic carbocycles. The fourth-order valence-electron chi connectivity index (χ4n) is 2.26. The van der Waals surface area contributed by atoms with Gasteiger partial charge >= 0.3 is 0 Å². The number of nitrogens with zero attached hydrogens (tertiary/aromatic N) is 4. The third-order valence-electron chi connectivity index (χ3n) is 3.38. The standard InChI is InChI=1S/C13H22N4O/c1-3-6-16(2)12-9-13(15-10-14-12)17-7-4-11(18)5-8-17/h9-11,18H,3-8H2,1-2H3. The van der Waals surface area contributed by atoms with Gasteiger partial charge in [-0.25, -0.2) is 9.97 Å². The molecular weight excluding hydrogens is 228 g/mol. The summed E-state index contributed by atoms with van der Waals surface area (Å²) >= 11 is 0. The van der Waals surface area contributed by atoms with E-state index in [2.05, 4.69) is 33.7 Å². The van der Waals surface area contributed by atoms with E-state index in [1.165, 1.54) is 0 Å². The summed E-state index contributed by atoms with van der Waals surface area (Å²) in [5, 5.41) is 9.52. The number of rotatable bonds is 4. The Balaban J connectivity index is 2.07. The molecule has 18 heavy (non-hydrogen) atoms. The average Bonchev–Trinajstić information content (AvgIpc) is 2.40. The first-order chi connectivity index (χ1) is 8.70. The highest BCUT2D eigenvalue weighted by Gasteiger charge is 2.18. The number of hydrogen-bond acceptors (Lipinski definition) is 5. The van der Waals surface area contributed by atoms with E-state index in [1.807, 2.05) is 6.07 Å². The monoisotopic (exact) mass is 250 g/mol. The summed E-state index contributed by atoms with van der Waals surface area (Å²) in [6, 6.07) is 2.04. The zero-order valence-electron chi connectivity index (χ0n) is 11.2. The van der Waals surface area contributed by atoms with Crippen LogP contribution < -0.4 is 9.80 Å². The lowest BCUT2D eigenvalue weighted by molar-refractivity contribution is 0.145. The SMILES string of the molecule is CCCN(C)c1cc(N2CCC(O)CC2)ncn1. The van der Waals surface area contributed by atoms with Gasteiger partial charge in [0.25, 0.3) is 0 Å². The number of anilines is 2. The minimum absolute atomic E-state index is 0.148. The van der Waals surface area contributed by atoms with Crippen molar-refractivity contribution >= 4 is 11.6 Å². The predicted octanol–water partition coefficient (Wildman–Crippen LogP) is 1.28. The molecule has 1 aliphatic heterocycles. The van der Waals surface area contributed by atoms with Crippen molar-refractivity contribution in [3.63, 3.8) is 0 Å². The molecule has 1 saturated heterocycles. The van der Waals surface area contributed by atoms with E-state index in [1.54, 1.807) is 6.33 Å². The van der Waals surface area contributed by atoms with Crippen LogP contribution in [0.5, 0.6) is 0 Å². The summed E-state index contributed by atoms with van der Waals surface area (Å²) in [7, 11) is 2.05. The van der Waals surface area contributed by atoms with Crippen LogP contribution in [0.2, 0.25) is 0 Å². The van der Waals surface area contributed by atoms with E-state index in [9.17, 15) is 5.11 Å². The molecule has 1 aromatic heterocycles. The zero-order chi connectivity index (χ0) is 13.0. The Kier molecular flexibility index (Phi) is 4.36. The third kappa shape index (κ3) is 3.10. The molecule has 5 nitrogen and oxygen atoms in total. The molecule has 0 atom stereocenters. The summed E-state index contributed by atoms with van der Waals surface area (Å²) in [6.07, 6.45) is 4.23. The molecule has 0 radical (unpaired) electrons. The second-order valence-corrected chi connectivity index (χ2v) is 4.87. The molecule has 100 valence electrons. The number of aromatic nitrogens is 2. The lowest BCUT2D eigenvalue weighted by Crippen LogP contribution is -2.36. The maximum atomic E-state index is 9.52. The fraction of sp³-hybridized carbons (Fsp3) is 0.692. The van der Waals surface area contributed by atoms with Crippen molar-refractivity contribution in [2.24, 2.45) is 0 Å². The van der Waals surface area contributed by atoms with Gasteiger partial charge in [-0.3, -0.25) is 0 Å². The van der Waals surface area contributed by atoms with E-state index in [0.717, 1.165) is 50.5 Å². The summed E-state index contributed by atoms with van der Waals surface area (Å²) in [5.41, 5.74) is 0. The van der Waals surface area contributed by atoms with Crippen LogP contribution in [0, 0.1) is 0 Å². The van der Waals surface area contributed by atoms with Gasteiger partial charge in [-0.1, -0.05) is 6.92 Å². The Hall–Kier alpha value is -1.36. The van der Waals surface area contributed by atoms with E-state index < -0.39 is 0 Å². The number of piperidine rings is 1. The van der Waals surface area contributed by atoms with Crippen LogP contribution in [-0.2, 0) is 0 Å². The van der Waals surface area contributed by atoms with Gasteiger partial charge in [0.15, 0.2) is 0 Å². The molecule has 1 N–H and O–H groups in total. The molecule has 0 amide bonds. The van der Waals surface area contributed by atoms with Crippen LogP contribution in [0.3, 0.4) is 0 Å². The fourth-order valence-corrected chi connectivity index (χ4v) is 2.26. The molecule has 5 heteroatoms. The topological polar surface area (TPSA) is 52.5 Å². The van der Waals surface area contributed by atoms with Crippen LogP contribution in [0.4, 0.5) is 11.6 Å². The van der Waals surface area contributed by atoms with Gasteiger partial charge in [-0.15, -0.1) is 0 Å². The van der Waals surface area contributed by atoms with Gasteiger partial charge in [-0.2, -0.15) is 0 Å². The van der Waals surface area contributed by atoms with Gasteiger partial charge in [-0.05, 0) is 19.3 Å². The van der Waals surface area contributed by atoms with Crippen molar-refractivity contribution in [1.82, 2.24) is 9.97 Å². The molecule has 0 bridgehead atoms. The molecule has 1 aliphatic rings. The maximum Gasteiger partial charge on any atom is 0.134 e. The number of aliphatic hydroxyl groups is 1. The molecule has 2 heterocycles. The zero-order valence-corrected chi connectivity index (χ0v) is 11.2. The van der Waals surface area contributed by atoms with Crippen molar-refractivity contribution < 1.29 is 5.11 Å². The Bertz CT molecular complexity index is 377. The van der Waals surface area contributed by atoms with Crippen molar-refractivity contribution in [2.45, 2.75) is 32.3 Å². The normalized spacial score (nSPS) is 16.9.